The summed E-state index contributed by atoms with van der Waals surface area (Å²) >= 11 is 0. The van der Waals surface area contributed by atoms with Crippen molar-refractivity contribution in [2.24, 2.45) is 7.05 Å². The number of hydrogen-bond acceptors (Lipinski definition) is 7. The highest BCUT2D eigenvalue weighted by molar-refractivity contribution is 6.08. The van der Waals surface area contributed by atoms with E-state index in [9.17, 15) is 14.4 Å². The van der Waals surface area contributed by atoms with Gasteiger partial charge in [0.1, 0.15) is 5.82 Å². The summed E-state index contributed by atoms with van der Waals surface area (Å²) in [5.74, 6) is 0.582. The number of rotatable bonds is 13. The number of allylic oxidation sites excluding steroid dienone is 9. The molecular weight excluding hydrogens is 578 g/mol. The van der Waals surface area contributed by atoms with Gasteiger partial charge in [-0.1, -0.05) is 51.5 Å². The zero-order chi connectivity index (χ0) is 34.3. The molecule has 2 aromatic heterocycles. The largest absolute Gasteiger partial charge is 0.382 e. The molecule has 2 N–H and O–H groups in total. The Hall–Kier alpha value is -4.47. The van der Waals surface area contributed by atoms with E-state index in [1.54, 1.807) is 25.2 Å². The van der Waals surface area contributed by atoms with Gasteiger partial charge in [0.25, 0.3) is 0 Å². The second-order valence-electron chi connectivity index (χ2n) is 12.0. The van der Waals surface area contributed by atoms with Crippen LogP contribution in [0.25, 0.3) is 5.70 Å². The summed E-state index contributed by atoms with van der Waals surface area (Å²) in [5, 5.41) is 6.42. The lowest BCUT2D eigenvalue weighted by molar-refractivity contribution is -0.111. The van der Waals surface area contributed by atoms with Crippen LogP contribution in [0.3, 0.4) is 0 Å². The number of imidazole rings is 1. The van der Waals surface area contributed by atoms with Gasteiger partial charge >= 0.3 is 11.4 Å². The molecule has 0 bridgehead atoms. The van der Waals surface area contributed by atoms with Gasteiger partial charge in [0.15, 0.2) is 0 Å². The average molecular weight is 630 g/mol. The lowest BCUT2D eigenvalue weighted by Crippen LogP contribution is -2.43. The summed E-state index contributed by atoms with van der Waals surface area (Å²) in [6.45, 7) is 20.1. The lowest BCUT2D eigenvalue weighted by Gasteiger charge is -2.22. The van der Waals surface area contributed by atoms with Crippen molar-refractivity contribution in [3.63, 3.8) is 0 Å². The summed E-state index contributed by atoms with van der Waals surface area (Å²) in [4.78, 5) is 50.4. The van der Waals surface area contributed by atoms with E-state index in [1.165, 1.54) is 16.2 Å². The van der Waals surface area contributed by atoms with Crippen LogP contribution in [0.1, 0.15) is 105 Å². The molecule has 10 nitrogen and oxygen atoms in total. The van der Waals surface area contributed by atoms with Gasteiger partial charge in [0, 0.05) is 30.6 Å². The summed E-state index contributed by atoms with van der Waals surface area (Å²) < 4.78 is 4.45. The first-order chi connectivity index (χ1) is 21.8. The Balaban J connectivity index is 2.22. The minimum absolute atomic E-state index is 0.0309. The second kappa shape index (κ2) is 15.7. The molecule has 1 aliphatic carbocycles. The molecule has 0 spiro atoms. The van der Waals surface area contributed by atoms with Crippen LogP contribution >= 0.6 is 0 Å². The topological polar surface area (TPSA) is 116 Å². The van der Waals surface area contributed by atoms with Crippen molar-refractivity contribution < 1.29 is 4.79 Å². The molecule has 2 atom stereocenters. The van der Waals surface area contributed by atoms with E-state index in [2.05, 4.69) is 50.2 Å². The van der Waals surface area contributed by atoms with Crippen LogP contribution in [0.2, 0.25) is 0 Å². The van der Waals surface area contributed by atoms with E-state index in [-0.39, 0.29) is 35.9 Å². The maximum atomic E-state index is 14.3. The Morgan fingerprint density at radius 1 is 0.978 bits per heavy atom. The van der Waals surface area contributed by atoms with Crippen molar-refractivity contribution in [1.29, 1.82) is 0 Å². The first kappa shape index (κ1) is 36.0. The molecule has 0 fully saturated rings. The van der Waals surface area contributed by atoms with Gasteiger partial charge in [-0.15, -0.1) is 0 Å². The minimum Gasteiger partial charge on any atom is -0.382 e. The Labute approximate surface area is 273 Å². The van der Waals surface area contributed by atoms with E-state index in [1.807, 2.05) is 51.5 Å². The van der Waals surface area contributed by atoms with Crippen LogP contribution < -0.4 is 22.0 Å². The number of nitrogens with one attached hydrogen (secondary N) is 2. The van der Waals surface area contributed by atoms with Gasteiger partial charge in [-0.3, -0.25) is 9.36 Å². The molecule has 2 unspecified atom stereocenters. The lowest BCUT2D eigenvalue weighted by atomic mass is 10.0. The molecule has 2 aromatic rings. The van der Waals surface area contributed by atoms with Crippen molar-refractivity contribution in [3.05, 3.63) is 103 Å². The summed E-state index contributed by atoms with van der Waals surface area (Å²) in [7, 11) is 1.94. The average Bonchev–Trinajstić information content (AvgIpc) is 3.30. The fourth-order valence-electron chi connectivity index (χ4n) is 5.41. The molecule has 3 rings (SSSR count). The molecule has 46 heavy (non-hydrogen) atoms. The van der Waals surface area contributed by atoms with Gasteiger partial charge in [0.05, 0.1) is 23.6 Å². The highest BCUT2D eigenvalue weighted by Crippen LogP contribution is 2.24. The van der Waals surface area contributed by atoms with Crippen LogP contribution in [0, 0.1) is 6.92 Å². The van der Waals surface area contributed by atoms with E-state index in [0.717, 1.165) is 52.1 Å². The number of anilines is 1. The SMILES string of the molecule is C/C=C1/C=C(Nc2nc(=O)n(C(/C=C(C)\C=C(/C)CC)=C/C)c(=O)n2Cc2nc(C)c(C(C)CC)n2C)C(=O)C=C1NC(C)CC. The van der Waals surface area contributed by atoms with Gasteiger partial charge < -0.3 is 15.2 Å². The van der Waals surface area contributed by atoms with E-state index in [0.29, 0.717) is 11.5 Å². The first-order valence-corrected chi connectivity index (χ1v) is 16.3. The third-order valence-corrected chi connectivity index (χ3v) is 8.55. The molecule has 0 saturated heterocycles. The third-order valence-electron chi connectivity index (χ3n) is 8.55. The fourth-order valence-corrected chi connectivity index (χ4v) is 5.41. The molecule has 0 saturated carbocycles. The van der Waals surface area contributed by atoms with Crippen molar-refractivity contribution in [1.82, 2.24) is 29.0 Å². The number of carbonyl (C=O) groups excluding carboxylic acids is 1. The summed E-state index contributed by atoms with van der Waals surface area (Å²) in [6, 6.07) is 0.179. The van der Waals surface area contributed by atoms with Crippen molar-refractivity contribution in [2.75, 3.05) is 5.32 Å². The van der Waals surface area contributed by atoms with Gasteiger partial charge in [-0.2, -0.15) is 4.98 Å². The Kier molecular flexibility index (Phi) is 12.3. The highest BCUT2D eigenvalue weighted by atomic mass is 16.2. The number of aryl methyl sites for hydroxylation is 1. The third kappa shape index (κ3) is 8.02. The van der Waals surface area contributed by atoms with E-state index in [4.69, 9.17) is 4.98 Å². The quantitative estimate of drug-likeness (QED) is 0.251. The molecule has 0 aliphatic heterocycles. The Morgan fingerprint density at radius 3 is 2.26 bits per heavy atom. The molecule has 248 valence electrons. The Morgan fingerprint density at radius 2 is 1.67 bits per heavy atom. The maximum absolute atomic E-state index is 14.3. The van der Waals surface area contributed by atoms with Gasteiger partial charge in [0.2, 0.25) is 11.7 Å². The highest BCUT2D eigenvalue weighted by Gasteiger charge is 2.24. The molecule has 0 aromatic carbocycles. The van der Waals surface area contributed by atoms with Gasteiger partial charge in [-0.25, -0.2) is 19.1 Å². The fraction of sp³-hybridized carbons (Fsp3) is 0.472. The van der Waals surface area contributed by atoms with Crippen LogP contribution in [0.15, 0.2) is 74.2 Å². The van der Waals surface area contributed by atoms with Gasteiger partial charge in [-0.05, 0) is 90.0 Å². The number of carbonyl (C=O) groups is 1. The normalized spacial score (nSPS) is 16.8. The van der Waals surface area contributed by atoms with Crippen LogP contribution in [-0.2, 0) is 18.4 Å². The molecule has 0 amide bonds. The van der Waals surface area contributed by atoms with Crippen LogP contribution in [0.4, 0.5) is 5.95 Å². The van der Waals surface area contributed by atoms with Crippen molar-refractivity contribution in [3.8, 4) is 0 Å². The van der Waals surface area contributed by atoms with Crippen molar-refractivity contribution in [2.45, 2.75) is 107 Å². The smallest absolute Gasteiger partial charge is 0.359 e. The predicted molar refractivity (Wildman–Crippen MR) is 188 cm³/mol. The summed E-state index contributed by atoms with van der Waals surface area (Å²) in [6.07, 6.45) is 13.4. The Bertz CT molecular complexity index is 1770. The first-order valence-electron chi connectivity index (χ1n) is 16.3. The zero-order valence-corrected chi connectivity index (χ0v) is 29.4. The number of nitrogens with zero attached hydrogens (tertiary/aromatic N) is 5. The van der Waals surface area contributed by atoms with Crippen LogP contribution in [0.5, 0.6) is 0 Å². The van der Waals surface area contributed by atoms with Crippen molar-refractivity contribution >= 4 is 17.4 Å². The monoisotopic (exact) mass is 629 g/mol. The predicted octanol–water partition coefficient (Wildman–Crippen LogP) is 6.27. The van der Waals surface area contributed by atoms with Crippen LogP contribution in [-0.4, -0.2) is 35.5 Å². The van der Waals surface area contributed by atoms with E-state index >= 15 is 0 Å². The van der Waals surface area contributed by atoms with E-state index < -0.39 is 11.4 Å². The summed E-state index contributed by atoms with van der Waals surface area (Å²) in [5.41, 5.74) is 4.86. The zero-order valence-electron chi connectivity index (χ0n) is 29.4. The molecule has 1 aliphatic rings. The maximum Gasteiger partial charge on any atom is 0.359 e. The standard InChI is InChI=1S/C36H51N7O3/c1-12-22(6)17-23(7)18-28(16-5)43-35(45)40-34(39-30-19-27(15-4)29(20-31(30)44)37-25(9)14-3)42(36(43)46)21-32-38-26(10)33(41(32)11)24(8)13-2/h15-20,24-25,37H,12-14,21H2,1-11H3,(H,39,40,45)/b22-17+,23-18-,27-15-,28-16+. The molecule has 10 heteroatoms. The number of hydrogen-bond donors (Lipinski definition) is 2. The molecule has 0 radical (unpaired) electrons. The number of aromatic nitrogens is 5. The second-order valence-corrected chi connectivity index (χ2v) is 12.0. The minimum atomic E-state index is -0.752. The molecule has 2 heterocycles. The molecular formula is C36H51N7O3. The number of ketones is 1.